The van der Waals surface area contributed by atoms with Crippen LogP contribution in [0.15, 0.2) is 11.1 Å². The lowest BCUT2D eigenvalue weighted by Gasteiger charge is -2.35. The van der Waals surface area contributed by atoms with Crippen LogP contribution in [0.2, 0.25) is 0 Å². The molecule has 0 radical (unpaired) electrons. The number of rotatable bonds is 2. The van der Waals surface area contributed by atoms with Crippen molar-refractivity contribution in [2.24, 2.45) is 5.92 Å². The van der Waals surface area contributed by atoms with E-state index in [1.165, 1.54) is 5.57 Å². The van der Waals surface area contributed by atoms with E-state index in [0.29, 0.717) is 17.9 Å². The molecule has 2 rings (SSSR count). The molecular weight excluding hydrogens is 216 g/mol. The highest BCUT2D eigenvalue weighted by molar-refractivity contribution is 5.88. The average Bonchev–Trinajstić information content (AvgIpc) is 2.29. The third kappa shape index (κ3) is 2.87. The number of hydrogen-bond donors (Lipinski definition) is 1. The summed E-state index contributed by atoms with van der Waals surface area (Å²) < 4.78 is 0. The highest BCUT2D eigenvalue weighted by Gasteiger charge is 2.28. The highest BCUT2D eigenvalue weighted by atomic mass is 16.4. The van der Waals surface area contributed by atoms with E-state index in [4.69, 9.17) is 0 Å². The van der Waals surface area contributed by atoms with Crippen molar-refractivity contribution in [1.29, 1.82) is 0 Å². The molecule has 0 aliphatic carbocycles. The largest absolute Gasteiger partial charge is 0.478 e. The molecule has 0 spiro atoms. The van der Waals surface area contributed by atoms with Crippen LogP contribution in [0.5, 0.6) is 0 Å². The minimum Gasteiger partial charge on any atom is -0.478 e. The van der Waals surface area contributed by atoms with Crippen LogP contribution in [-0.4, -0.2) is 61.2 Å². The minimum absolute atomic E-state index is 0.486. The van der Waals surface area contributed by atoms with Crippen LogP contribution in [0.3, 0.4) is 0 Å². The summed E-state index contributed by atoms with van der Waals surface area (Å²) in [5.41, 5.74) is 1.89. The fourth-order valence-corrected chi connectivity index (χ4v) is 2.91. The van der Waals surface area contributed by atoms with Crippen molar-refractivity contribution < 1.29 is 9.90 Å². The van der Waals surface area contributed by atoms with Crippen LogP contribution in [-0.2, 0) is 4.79 Å². The van der Waals surface area contributed by atoms with Gasteiger partial charge in [-0.05, 0) is 57.9 Å². The number of likely N-dealkylation sites (tertiary alicyclic amines) is 1. The monoisotopic (exact) mass is 238 g/mol. The van der Waals surface area contributed by atoms with Gasteiger partial charge in [0.15, 0.2) is 0 Å². The second-order valence-corrected chi connectivity index (χ2v) is 5.37. The molecule has 1 fully saturated rings. The molecule has 2 aliphatic heterocycles. The van der Waals surface area contributed by atoms with Crippen LogP contribution in [0.25, 0.3) is 0 Å². The van der Waals surface area contributed by atoms with Gasteiger partial charge in [-0.2, -0.15) is 0 Å². The SMILES string of the molecule is CN1CCC(C2=C(C(=O)O)CCN(C)C2)CC1. The summed E-state index contributed by atoms with van der Waals surface area (Å²) in [5, 5.41) is 9.29. The zero-order valence-corrected chi connectivity index (χ0v) is 10.8. The Morgan fingerprint density at radius 1 is 1.18 bits per heavy atom. The van der Waals surface area contributed by atoms with Gasteiger partial charge in [-0.3, -0.25) is 0 Å². The second-order valence-electron chi connectivity index (χ2n) is 5.37. The zero-order chi connectivity index (χ0) is 12.4. The summed E-state index contributed by atoms with van der Waals surface area (Å²) in [6, 6.07) is 0. The maximum atomic E-state index is 11.3. The standard InChI is InChI=1S/C13H22N2O2/c1-14-6-3-10(4-7-14)12-9-15(2)8-5-11(12)13(16)17/h10H,3-9H2,1-2H3,(H,16,17). The number of hydrogen-bond acceptors (Lipinski definition) is 3. The molecule has 0 atom stereocenters. The first-order chi connectivity index (χ1) is 8.08. The van der Waals surface area contributed by atoms with Crippen LogP contribution < -0.4 is 0 Å². The Morgan fingerprint density at radius 2 is 1.82 bits per heavy atom. The maximum absolute atomic E-state index is 11.3. The van der Waals surface area contributed by atoms with Crippen LogP contribution in [0, 0.1) is 5.92 Å². The number of carbonyl (C=O) groups is 1. The molecule has 4 heteroatoms. The Kier molecular flexibility index (Phi) is 3.84. The number of likely N-dealkylation sites (N-methyl/N-ethyl adjacent to an activating group) is 1. The number of carboxylic acids is 1. The molecule has 0 aromatic rings. The van der Waals surface area contributed by atoms with Gasteiger partial charge < -0.3 is 14.9 Å². The van der Waals surface area contributed by atoms with Gasteiger partial charge in [0.05, 0.1) is 0 Å². The molecule has 0 aromatic heterocycles. The van der Waals surface area contributed by atoms with Gasteiger partial charge in [0.25, 0.3) is 0 Å². The predicted octanol–water partition coefficient (Wildman–Crippen LogP) is 1.04. The Balaban J connectivity index is 2.16. The lowest BCUT2D eigenvalue weighted by Crippen LogP contribution is -2.37. The topological polar surface area (TPSA) is 43.8 Å². The summed E-state index contributed by atoms with van der Waals surface area (Å²) in [6.07, 6.45) is 2.92. The van der Waals surface area contributed by atoms with Crippen LogP contribution >= 0.6 is 0 Å². The summed E-state index contributed by atoms with van der Waals surface area (Å²) in [6.45, 7) is 3.89. The summed E-state index contributed by atoms with van der Waals surface area (Å²) in [4.78, 5) is 15.9. The summed E-state index contributed by atoms with van der Waals surface area (Å²) in [5.74, 6) is -0.216. The first-order valence-corrected chi connectivity index (χ1v) is 6.40. The zero-order valence-electron chi connectivity index (χ0n) is 10.8. The van der Waals surface area contributed by atoms with Gasteiger partial charge in [-0.1, -0.05) is 0 Å². The Labute approximate surface area is 103 Å². The van der Waals surface area contributed by atoms with Crippen molar-refractivity contribution in [2.45, 2.75) is 19.3 Å². The summed E-state index contributed by atoms with van der Waals surface area (Å²) in [7, 11) is 4.21. The molecule has 1 N–H and O–H groups in total. The summed E-state index contributed by atoms with van der Waals surface area (Å²) >= 11 is 0. The lowest BCUT2D eigenvalue weighted by atomic mass is 9.83. The van der Waals surface area contributed by atoms with Gasteiger partial charge in [0.1, 0.15) is 0 Å². The molecule has 2 aliphatic rings. The molecule has 17 heavy (non-hydrogen) atoms. The third-order valence-electron chi connectivity index (χ3n) is 4.04. The van der Waals surface area contributed by atoms with Gasteiger partial charge in [0, 0.05) is 18.7 Å². The van der Waals surface area contributed by atoms with E-state index in [1.807, 2.05) is 0 Å². The van der Waals surface area contributed by atoms with Crippen molar-refractivity contribution in [3.05, 3.63) is 11.1 Å². The van der Waals surface area contributed by atoms with E-state index >= 15 is 0 Å². The molecule has 0 saturated carbocycles. The van der Waals surface area contributed by atoms with Crippen molar-refractivity contribution in [2.75, 3.05) is 40.3 Å². The molecule has 0 amide bonds. The predicted molar refractivity (Wildman–Crippen MR) is 67.0 cm³/mol. The smallest absolute Gasteiger partial charge is 0.331 e. The average molecular weight is 238 g/mol. The normalized spacial score (nSPS) is 25.3. The fraction of sp³-hybridized carbons (Fsp3) is 0.769. The van der Waals surface area contributed by atoms with Gasteiger partial charge >= 0.3 is 5.97 Å². The molecule has 96 valence electrons. The lowest BCUT2D eigenvalue weighted by molar-refractivity contribution is -0.133. The maximum Gasteiger partial charge on any atom is 0.331 e. The Hall–Kier alpha value is -0.870. The first kappa shape index (κ1) is 12.6. The van der Waals surface area contributed by atoms with E-state index in [-0.39, 0.29) is 0 Å². The van der Waals surface area contributed by atoms with E-state index in [9.17, 15) is 9.90 Å². The molecule has 1 saturated heterocycles. The minimum atomic E-state index is -0.702. The molecule has 0 aromatic carbocycles. The van der Waals surface area contributed by atoms with Crippen molar-refractivity contribution >= 4 is 5.97 Å². The molecular formula is C13H22N2O2. The Bertz CT molecular complexity index is 330. The van der Waals surface area contributed by atoms with Crippen LogP contribution in [0.1, 0.15) is 19.3 Å². The van der Waals surface area contributed by atoms with Crippen molar-refractivity contribution in [3.8, 4) is 0 Å². The van der Waals surface area contributed by atoms with E-state index in [1.54, 1.807) is 0 Å². The van der Waals surface area contributed by atoms with E-state index < -0.39 is 5.97 Å². The van der Waals surface area contributed by atoms with Crippen LogP contribution in [0.4, 0.5) is 0 Å². The quantitative estimate of drug-likeness (QED) is 0.781. The number of piperidine rings is 1. The number of aliphatic carboxylic acids is 1. The van der Waals surface area contributed by atoms with Gasteiger partial charge in [-0.25, -0.2) is 4.79 Å². The highest BCUT2D eigenvalue weighted by Crippen LogP contribution is 2.30. The molecule has 0 bridgehead atoms. The van der Waals surface area contributed by atoms with E-state index in [2.05, 4.69) is 23.9 Å². The first-order valence-electron chi connectivity index (χ1n) is 6.40. The molecule has 4 nitrogen and oxygen atoms in total. The fourth-order valence-electron chi connectivity index (χ4n) is 2.91. The van der Waals surface area contributed by atoms with E-state index in [0.717, 1.165) is 39.0 Å². The molecule has 2 heterocycles. The van der Waals surface area contributed by atoms with Gasteiger partial charge in [0.2, 0.25) is 0 Å². The second kappa shape index (κ2) is 5.19. The van der Waals surface area contributed by atoms with Crippen molar-refractivity contribution in [1.82, 2.24) is 9.80 Å². The number of nitrogens with zero attached hydrogens (tertiary/aromatic N) is 2. The van der Waals surface area contributed by atoms with Gasteiger partial charge in [-0.15, -0.1) is 0 Å². The third-order valence-corrected chi connectivity index (χ3v) is 4.04. The number of carboxylic acid groups (broad SMARTS) is 1. The Morgan fingerprint density at radius 3 is 2.41 bits per heavy atom. The molecule has 0 unspecified atom stereocenters. The van der Waals surface area contributed by atoms with Crippen molar-refractivity contribution in [3.63, 3.8) is 0 Å².